The molecule has 0 saturated heterocycles. The van der Waals surface area contributed by atoms with Crippen molar-refractivity contribution in [3.63, 3.8) is 0 Å². The highest BCUT2D eigenvalue weighted by molar-refractivity contribution is 8.03. The van der Waals surface area contributed by atoms with Crippen molar-refractivity contribution < 1.29 is 0 Å². The molecule has 5 aromatic rings. The highest BCUT2D eigenvalue weighted by Crippen LogP contribution is 2.63. The fraction of sp³-hybridized carbons (Fsp3) is 0.105. The van der Waals surface area contributed by atoms with Gasteiger partial charge in [0.25, 0.3) is 0 Å². The van der Waals surface area contributed by atoms with Crippen LogP contribution in [0.3, 0.4) is 0 Å². The summed E-state index contributed by atoms with van der Waals surface area (Å²) in [5.41, 5.74) is 12.2. The highest BCUT2D eigenvalue weighted by atomic mass is 32.2. The molecule has 1 atom stereocenters. The predicted octanol–water partition coefficient (Wildman–Crippen LogP) is 9.70. The van der Waals surface area contributed by atoms with Gasteiger partial charge in [0.15, 0.2) is 0 Å². The molecule has 0 saturated carbocycles. The molecule has 0 amide bonds. The van der Waals surface area contributed by atoms with Crippen molar-refractivity contribution in [2.24, 2.45) is 0 Å². The number of benzene rings is 5. The van der Waals surface area contributed by atoms with Gasteiger partial charge in [-0.1, -0.05) is 151 Å². The number of allylic oxidation sites excluding steroid dienone is 4. The Morgan fingerprint density at radius 3 is 2.00 bits per heavy atom. The third-order valence-corrected chi connectivity index (χ3v) is 10.2. The van der Waals surface area contributed by atoms with E-state index < -0.39 is 0 Å². The van der Waals surface area contributed by atoms with Gasteiger partial charge in [-0.25, -0.2) is 0 Å². The van der Waals surface area contributed by atoms with Crippen LogP contribution in [0.25, 0.3) is 11.1 Å². The van der Waals surface area contributed by atoms with Crippen LogP contribution in [0, 0.1) is 0 Å². The van der Waals surface area contributed by atoms with Crippen molar-refractivity contribution in [1.82, 2.24) is 0 Å². The van der Waals surface area contributed by atoms with E-state index in [1.165, 1.54) is 59.9 Å². The quantitative estimate of drug-likeness (QED) is 0.229. The van der Waals surface area contributed by atoms with Crippen LogP contribution in [-0.4, -0.2) is 0 Å². The molecule has 0 bridgehead atoms. The van der Waals surface area contributed by atoms with Gasteiger partial charge >= 0.3 is 0 Å². The maximum atomic E-state index is 2.45. The Kier molecular flexibility index (Phi) is 5.28. The molecular weight excluding hydrogens is 488 g/mol. The summed E-state index contributed by atoms with van der Waals surface area (Å²) in [5.74, 6) is 0.404. The molecule has 1 unspecified atom stereocenters. The summed E-state index contributed by atoms with van der Waals surface area (Å²) in [6.45, 7) is 0. The van der Waals surface area contributed by atoms with E-state index in [2.05, 4.69) is 140 Å². The van der Waals surface area contributed by atoms with E-state index in [-0.39, 0.29) is 5.41 Å². The van der Waals surface area contributed by atoms with E-state index in [9.17, 15) is 0 Å². The monoisotopic (exact) mass is 516 g/mol. The van der Waals surface area contributed by atoms with Crippen molar-refractivity contribution in [3.8, 4) is 11.1 Å². The van der Waals surface area contributed by atoms with E-state index in [1.54, 1.807) is 0 Å². The third-order valence-electron chi connectivity index (χ3n) is 8.75. The van der Waals surface area contributed by atoms with Crippen LogP contribution in [0.1, 0.15) is 45.7 Å². The summed E-state index contributed by atoms with van der Waals surface area (Å²) in [6.07, 6.45) is 6.90. The maximum absolute atomic E-state index is 2.45. The molecule has 1 heteroatoms. The van der Waals surface area contributed by atoms with Gasteiger partial charge in [0.05, 0.1) is 5.41 Å². The van der Waals surface area contributed by atoms with E-state index >= 15 is 0 Å². The number of hydrogen-bond acceptors (Lipinski definition) is 1. The zero-order valence-electron chi connectivity index (χ0n) is 21.7. The van der Waals surface area contributed by atoms with E-state index in [1.807, 2.05) is 11.8 Å². The summed E-state index contributed by atoms with van der Waals surface area (Å²) in [4.78, 5) is 2.98. The SMILES string of the molecule is C1=CC(C2(c3ccccc3)c3ccccc3-c3ccccc32)=C2Sc3c(Cc4ccccc4)cccc3C2C1. The van der Waals surface area contributed by atoms with Gasteiger partial charge < -0.3 is 0 Å². The lowest BCUT2D eigenvalue weighted by molar-refractivity contribution is 0.724. The fourth-order valence-electron chi connectivity index (χ4n) is 7.15. The molecule has 0 fully saturated rings. The minimum absolute atomic E-state index is 0.340. The Labute approximate surface area is 234 Å². The van der Waals surface area contributed by atoms with Crippen molar-refractivity contribution in [1.29, 1.82) is 0 Å². The minimum Gasteiger partial charge on any atom is -0.0929 e. The molecule has 0 nitrogen and oxygen atoms in total. The van der Waals surface area contributed by atoms with Gasteiger partial charge in [0, 0.05) is 15.7 Å². The number of rotatable bonds is 4. The molecule has 0 aromatic heterocycles. The van der Waals surface area contributed by atoms with Crippen LogP contribution in [-0.2, 0) is 11.8 Å². The first-order valence-corrected chi connectivity index (χ1v) is 14.7. The summed E-state index contributed by atoms with van der Waals surface area (Å²) in [5, 5.41) is 0. The topological polar surface area (TPSA) is 0 Å². The van der Waals surface area contributed by atoms with Crippen molar-refractivity contribution in [2.75, 3.05) is 0 Å². The van der Waals surface area contributed by atoms with Crippen LogP contribution >= 0.6 is 11.8 Å². The van der Waals surface area contributed by atoms with Crippen molar-refractivity contribution in [3.05, 3.63) is 183 Å². The van der Waals surface area contributed by atoms with Crippen LogP contribution in [0.15, 0.2) is 155 Å². The molecule has 186 valence electrons. The first-order valence-electron chi connectivity index (χ1n) is 13.9. The van der Waals surface area contributed by atoms with Gasteiger partial charge in [-0.3, -0.25) is 0 Å². The molecule has 0 spiro atoms. The fourth-order valence-corrected chi connectivity index (χ4v) is 8.67. The summed E-state index contributed by atoms with van der Waals surface area (Å²) < 4.78 is 0. The Morgan fingerprint density at radius 1 is 0.641 bits per heavy atom. The lowest BCUT2D eigenvalue weighted by Gasteiger charge is -2.37. The number of hydrogen-bond donors (Lipinski definition) is 0. The molecular formula is C38H28S. The second-order valence-electron chi connectivity index (χ2n) is 10.8. The molecule has 5 aromatic carbocycles. The Morgan fingerprint density at radius 2 is 1.28 bits per heavy atom. The van der Waals surface area contributed by atoms with Crippen molar-refractivity contribution in [2.45, 2.75) is 29.1 Å². The van der Waals surface area contributed by atoms with E-state index in [4.69, 9.17) is 0 Å². The summed E-state index contributed by atoms with van der Waals surface area (Å²) in [7, 11) is 0. The molecule has 1 heterocycles. The maximum Gasteiger partial charge on any atom is 0.0721 e. The first-order chi connectivity index (χ1) is 19.4. The third kappa shape index (κ3) is 3.33. The van der Waals surface area contributed by atoms with Gasteiger partial charge in [0.2, 0.25) is 0 Å². The molecule has 3 aliphatic rings. The van der Waals surface area contributed by atoms with Crippen LogP contribution < -0.4 is 0 Å². The molecule has 8 rings (SSSR count). The van der Waals surface area contributed by atoms with E-state index in [0.717, 1.165) is 12.8 Å². The van der Waals surface area contributed by atoms with Crippen LogP contribution in [0.4, 0.5) is 0 Å². The van der Waals surface area contributed by atoms with E-state index in [0.29, 0.717) is 5.92 Å². The van der Waals surface area contributed by atoms with Gasteiger partial charge in [0.1, 0.15) is 0 Å². The average Bonchev–Trinajstić information content (AvgIpc) is 3.53. The molecule has 1 aliphatic heterocycles. The molecule has 39 heavy (non-hydrogen) atoms. The highest BCUT2D eigenvalue weighted by Gasteiger charge is 2.49. The van der Waals surface area contributed by atoms with Gasteiger partial charge in [-0.2, -0.15) is 0 Å². The number of thioether (sulfide) groups is 1. The number of fused-ring (bicyclic) bond motifs is 6. The minimum atomic E-state index is -0.340. The predicted molar refractivity (Wildman–Crippen MR) is 163 cm³/mol. The largest absolute Gasteiger partial charge is 0.0929 e. The Bertz CT molecular complexity index is 1730. The standard InChI is InChI=1S/C38H28S/c1-3-13-26(14-4-1)25-27-15-11-20-31-32-21-12-24-35(37(32)39-36(27)31)38(28-16-5-2-6-17-28)33-22-9-7-18-29(33)30-19-8-10-23-34(30)38/h1-20,22-24,32H,21,25H2. The van der Waals surface area contributed by atoms with Crippen molar-refractivity contribution >= 4 is 11.8 Å². The smallest absolute Gasteiger partial charge is 0.0721 e. The molecule has 0 radical (unpaired) electrons. The normalized spacial score (nSPS) is 17.9. The van der Waals surface area contributed by atoms with Gasteiger partial charge in [-0.05, 0) is 62.9 Å². The lowest BCUT2D eigenvalue weighted by Crippen LogP contribution is -2.31. The average molecular weight is 517 g/mol. The Hall–Kier alpha value is -4.07. The second-order valence-corrected chi connectivity index (χ2v) is 11.8. The van der Waals surface area contributed by atoms with Crippen LogP contribution in [0.2, 0.25) is 0 Å². The second kappa shape index (κ2) is 9.00. The zero-order chi connectivity index (χ0) is 25.8. The summed E-state index contributed by atoms with van der Waals surface area (Å²) >= 11 is 2.03. The molecule has 0 N–H and O–H groups in total. The molecule has 2 aliphatic carbocycles. The summed E-state index contributed by atoms with van der Waals surface area (Å²) in [6, 6.07) is 47.2. The Balaban J connectivity index is 1.38. The zero-order valence-corrected chi connectivity index (χ0v) is 22.5. The first kappa shape index (κ1) is 22.9. The lowest BCUT2D eigenvalue weighted by atomic mass is 9.65. The van der Waals surface area contributed by atoms with Gasteiger partial charge in [-0.15, -0.1) is 0 Å². The van der Waals surface area contributed by atoms with Crippen LogP contribution in [0.5, 0.6) is 0 Å².